The highest BCUT2D eigenvalue weighted by Crippen LogP contribution is 2.20. The van der Waals surface area contributed by atoms with Gasteiger partial charge < -0.3 is 10.1 Å². The van der Waals surface area contributed by atoms with E-state index in [0.29, 0.717) is 6.61 Å². The number of rotatable bonds is 5. The van der Waals surface area contributed by atoms with Crippen molar-refractivity contribution in [1.82, 2.24) is 0 Å². The second kappa shape index (κ2) is 6.59. The number of anilines is 1. The second-order valence-electron chi connectivity index (χ2n) is 4.10. The molecule has 0 aromatic heterocycles. The molecule has 0 saturated carbocycles. The van der Waals surface area contributed by atoms with Crippen LogP contribution in [0.4, 0.5) is 5.69 Å². The molecule has 3 nitrogen and oxygen atoms in total. The molecule has 0 atom stereocenters. The Morgan fingerprint density at radius 1 is 1.00 bits per heavy atom. The number of benzene rings is 2. The number of carbonyl (C=O) groups excluding carboxylic acids is 1. The third kappa shape index (κ3) is 3.85. The summed E-state index contributed by atoms with van der Waals surface area (Å²) >= 11 is 0. The van der Waals surface area contributed by atoms with Gasteiger partial charge in [-0.25, -0.2) is 0 Å². The summed E-state index contributed by atoms with van der Waals surface area (Å²) in [7, 11) is 0. The Kier molecular flexibility index (Phi) is 4.56. The third-order valence-electron chi connectivity index (χ3n) is 2.73. The Balaban J connectivity index is 1.97. The van der Waals surface area contributed by atoms with Crippen LogP contribution in [0.15, 0.2) is 54.6 Å². The van der Waals surface area contributed by atoms with Crippen molar-refractivity contribution < 1.29 is 9.53 Å². The number of ether oxygens (including phenoxy) is 1. The van der Waals surface area contributed by atoms with Crippen LogP contribution in [-0.2, 0) is 9.53 Å². The first-order chi connectivity index (χ1) is 9.29. The molecule has 0 bridgehead atoms. The highest BCUT2D eigenvalue weighted by Gasteiger charge is 2.01. The molecular weight excluding hydrogens is 238 g/mol. The van der Waals surface area contributed by atoms with E-state index in [2.05, 4.69) is 17.4 Å². The van der Waals surface area contributed by atoms with Gasteiger partial charge in [0.15, 0.2) is 0 Å². The Morgan fingerprint density at radius 2 is 1.63 bits per heavy atom. The van der Waals surface area contributed by atoms with Crippen LogP contribution in [0, 0.1) is 0 Å². The average molecular weight is 255 g/mol. The summed E-state index contributed by atoms with van der Waals surface area (Å²) in [5.41, 5.74) is 3.24. The zero-order valence-electron chi connectivity index (χ0n) is 10.9. The summed E-state index contributed by atoms with van der Waals surface area (Å²) in [4.78, 5) is 11.2. The van der Waals surface area contributed by atoms with Crippen molar-refractivity contribution in [2.75, 3.05) is 18.5 Å². The molecule has 2 rings (SSSR count). The highest BCUT2D eigenvalue weighted by atomic mass is 16.5. The van der Waals surface area contributed by atoms with Gasteiger partial charge in [-0.15, -0.1) is 0 Å². The zero-order valence-corrected chi connectivity index (χ0v) is 10.9. The molecule has 0 fully saturated rings. The van der Waals surface area contributed by atoms with Gasteiger partial charge in [0.25, 0.3) is 0 Å². The normalized spacial score (nSPS) is 9.95. The zero-order chi connectivity index (χ0) is 13.5. The van der Waals surface area contributed by atoms with E-state index in [1.165, 1.54) is 5.56 Å². The third-order valence-corrected chi connectivity index (χ3v) is 2.73. The van der Waals surface area contributed by atoms with E-state index in [-0.39, 0.29) is 12.5 Å². The van der Waals surface area contributed by atoms with Gasteiger partial charge in [-0.2, -0.15) is 0 Å². The maximum absolute atomic E-state index is 11.2. The van der Waals surface area contributed by atoms with Gasteiger partial charge in [-0.1, -0.05) is 42.5 Å². The molecule has 0 radical (unpaired) electrons. The van der Waals surface area contributed by atoms with Crippen LogP contribution in [0.1, 0.15) is 6.92 Å². The second-order valence-corrected chi connectivity index (χ2v) is 4.10. The van der Waals surface area contributed by atoms with Crippen LogP contribution >= 0.6 is 0 Å². The van der Waals surface area contributed by atoms with Crippen molar-refractivity contribution in [3.63, 3.8) is 0 Å². The van der Waals surface area contributed by atoms with E-state index in [9.17, 15) is 4.79 Å². The van der Waals surface area contributed by atoms with Crippen molar-refractivity contribution in [2.24, 2.45) is 0 Å². The Hall–Kier alpha value is -2.29. The minimum atomic E-state index is -0.241. The van der Waals surface area contributed by atoms with Crippen molar-refractivity contribution in [3.05, 3.63) is 54.6 Å². The van der Waals surface area contributed by atoms with Crippen LogP contribution in [0.5, 0.6) is 0 Å². The van der Waals surface area contributed by atoms with Gasteiger partial charge in [0, 0.05) is 5.69 Å². The number of hydrogen-bond donors (Lipinski definition) is 1. The molecule has 0 saturated heterocycles. The van der Waals surface area contributed by atoms with Crippen LogP contribution in [0.2, 0.25) is 0 Å². The lowest BCUT2D eigenvalue weighted by atomic mass is 10.1. The molecule has 0 heterocycles. The van der Waals surface area contributed by atoms with Gasteiger partial charge in [0.05, 0.1) is 6.61 Å². The van der Waals surface area contributed by atoms with Crippen LogP contribution in [0.25, 0.3) is 11.1 Å². The van der Waals surface area contributed by atoms with Gasteiger partial charge in [0.2, 0.25) is 0 Å². The molecule has 19 heavy (non-hydrogen) atoms. The highest BCUT2D eigenvalue weighted by molar-refractivity contribution is 5.75. The van der Waals surface area contributed by atoms with E-state index >= 15 is 0 Å². The van der Waals surface area contributed by atoms with E-state index < -0.39 is 0 Å². The summed E-state index contributed by atoms with van der Waals surface area (Å²) in [6.45, 7) is 2.40. The summed E-state index contributed by atoms with van der Waals surface area (Å²) < 4.78 is 4.86. The monoisotopic (exact) mass is 255 g/mol. The molecule has 3 heteroatoms. The fourth-order valence-electron chi connectivity index (χ4n) is 1.80. The van der Waals surface area contributed by atoms with E-state index in [1.54, 1.807) is 6.92 Å². The smallest absolute Gasteiger partial charge is 0.325 e. The predicted octanol–water partition coefficient (Wildman–Crippen LogP) is 3.33. The van der Waals surface area contributed by atoms with Gasteiger partial charge in [-0.05, 0) is 30.2 Å². The van der Waals surface area contributed by atoms with Gasteiger partial charge >= 0.3 is 5.97 Å². The molecule has 0 aliphatic rings. The molecule has 0 spiro atoms. The number of nitrogens with one attached hydrogen (secondary N) is 1. The minimum absolute atomic E-state index is 0.193. The van der Waals surface area contributed by atoms with Crippen molar-refractivity contribution in [1.29, 1.82) is 0 Å². The Labute approximate surface area is 113 Å². The lowest BCUT2D eigenvalue weighted by molar-refractivity contribution is -0.140. The quantitative estimate of drug-likeness (QED) is 0.833. The molecule has 1 N–H and O–H groups in total. The lowest BCUT2D eigenvalue weighted by Gasteiger charge is -2.07. The van der Waals surface area contributed by atoms with Crippen molar-refractivity contribution in [2.45, 2.75) is 6.92 Å². The SMILES string of the molecule is CCOC(=O)CNc1ccc(-c2ccccc2)cc1. The molecule has 2 aromatic rings. The van der Waals surface area contributed by atoms with Crippen LogP contribution in [0.3, 0.4) is 0 Å². The fourth-order valence-corrected chi connectivity index (χ4v) is 1.80. The van der Waals surface area contributed by atoms with Gasteiger partial charge in [0.1, 0.15) is 6.54 Å². The first kappa shape index (κ1) is 13.1. The lowest BCUT2D eigenvalue weighted by Crippen LogP contribution is -2.16. The van der Waals surface area contributed by atoms with Crippen molar-refractivity contribution in [3.8, 4) is 11.1 Å². The summed E-state index contributed by atoms with van der Waals surface area (Å²) in [6, 6.07) is 18.2. The summed E-state index contributed by atoms with van der Waals surface area (Å²) in [5.74, 6) is -0.241. The first-order valence-electron chi connectivity index (χ1n) is 6.34. The van der Waals surface area contributed by atoms with E-state index in [1.807, 2.05) is 42.5 Å². The number of carbonyl (C=O) groups is 1. The molecule has 0 amide bonds. The van der Waals surface area contributed by atoms with E-state index in [0.717, 1.165) is 11.3 Å². The number of hydrogen-bond acceptors (Lipinski definition) is 3. The molecular formula is C16H17NO2. The fraction of sp³-hybridized carbons (Fsp3) is 0.188. The largest absolute Gasteiger partial charge is 0.465 e. The number of esters is 1. The van der Waals surface area contributed by atoms with Crippen LogP contribution in [-0.4, -0.2) is 19.1 Å². The molecule has 0 unspecified atom stereocenters. The Morgan fingerprint density at radius 3 is 2.26 bits per heavy atom. The first-order valence-corrected chi connectivity index (χ1v) is 6.34. The Bertz CT molecular complexity index is 520. The van der Waals surface area contributed by atoms with Gasteiger partial charge in [-0.3, -0.25) is 4.79 Å². The maximum Gasteiger partial charge on any atom is 0.325 e. The molecule has 0 aliphatic carbocycles. The van der Waals surface area contributed by atoms with E-state index in [4.69, 9.17) is 4.74 Å². The standard InChI is InChI=1S/C16H17NO2/c1-2-19-16(18)12-17-15-10-8-14(9-11-15)13-6-4-3-5-7-13/h3-11,17H,2,12H2,1H3. The average Bonchev–Trinajstić information content (AvgIpc) is 2.47. The molecule has 2 aromatic carbocycles. The van der Waals surface area contributed by atoms with Crippen molar-refractivity contribution >= 4 is 11.7 Å². The van der Waals surface area contributed by atoms with Crippen LogP contribution < -0.4 is 5.32 Å². The molecule has 98 valence electrons. The minimum Gasteiger partial charge on any atom is -0.465 e. The maximum atomic E-state index is 11.2. The topological polar surface area (TPSA) is 38.3 Å². The summed E-state index contributed by atoms with van der Waals surface area (Å²) in [5, 5.41) is 3.03. The molecule has 0 aliphatic heterocycles. The summed E-state index contributed by atoms with van der Waals surface area (Å²) in [6.07, 6.45) is 0. The predicted molar refractivity (Wildman–Crippen MR) is 77.0 cm³/mol.